The van der Waals surface area contributed by atoms with Crippen LogP contribution in [-0.4, -0.2) is 38.3 Å². The van der Waals surface area contributed by atoms with E-state index in [0.717, 1.165) is 12.0 Å². The van der Waals surface area contributed by atoms with E-state index in [9.17, 15) is 13.2 Å². The highest BCUT2D eigenvalue weighted by Crippen LogP contribution is 2.27. The predicted octanol–water partition coefficient (Wildman–Crippen LogP) is 3.19. The molecule has 1 fully saturated rings. The largest absolute Gasteiger partial charge is 0.371 e. The minimum atomic E-state index is -3.62. The van der Waals surface area contributed by atoms with Crippen molar-refractivity contribution in [2.75, 3.05) is 25.0 Å². The maximum absolute atomic E-state index is 13.0. The molecule has 1 heterocycles. The van der Waals surface area contributed by atoms with Gasteiger partial charge in [-0.25, -0.2) is 8.42 Å². The van der Waals surface area contributed by atoms with E-state index in [-0.39, 0.29) is 23.5 Å². The van der Waals surface area contributed by atoms with Gasteiger partial charge in [-0.15, -0.1) is 0 Å². The summed E-state index contributed by atoms with van der Waals surface area (Å²) in [7, 11) is -3.62. The van der Waals surface area contributed by atoms with Gasteiger partial charge in [-0.05, 0) is 36.2 Å². The second-order valence-electron chi connectivity index (χ2n) is 6.46. The van der Waals surface area contributed by atoms with E-state index in [0.29, 0.717) is 25.3 Å². The van der Waals surface area contributed by atoms with Crippen LogP contribution in [0.15, 0.2) is 59.5 Å². The van der Waals surface area contributed by atoms with Crippen molar-refractivity contribution in [1.29, 1.82) is 0 Å². The number of anilines is 1. The average Bonchev–Trinajstić information content (AvgIpc) is 2.69. The molecule has 7 heteroatoms. The Labute approximate surface area is 160 Å². The van der Waals surface area contributed by atoms with E-state index in [1.165, 1.54) is 16.4 Å². The molecule has 0 aliphatic carbocycles. The summed E-state index contributed by atoms with van der Waals surface area (Å²) >= 11 is 0. The highest BCUT2D eigenvalue weighted by molar-refractivity contribution is 7.89. The molecular formula is C20H24N2O4S. The number of carbonyl (C=O) groups excluding carboxylic acids is 1. The fourth-order valence-corrected chi connectivity index (χ4v) is 4.45. The fourth-order valence-electron chi connectivity index (χ4n) is 3.02. The van der Waals surface area contributed by atoms with Gasteiger partial charge in [0.15, 0.2) is 0 Å². The Kier molecular flexibility index (Phi) is 6.26. The first-order chi connectivity index (χ1) is 13.0. The minimum Gasteiger partial charge on any atom is -0.371 e. The average molecular weight is 388 g/mol. The highest BCUT2D eigenvalue weighted by atomic mass is 32.2. The summed E-state index contributed by atoms with van der Waals surface area (Å²) in [6.07, 6.45) is 0.925. The summed E-state index contributed by atoms with van der Waals surface area (Å²) in [5, 5.41) is 2.76. The van der Waals surface area contributed by atoms with Gasteiger partial charge in [-0.2, -0.15) is 4.31 Å². The SMILES string of the molecule is CCCC(=O)Nc1ccc(S(=O)(=O)N2CCOC(c3ccccc3)C2)cc1. The first-order valence-corrected chi connectivity index (χ1v) is 10.5. The quantitative estimate of drug-likeness (QED) is 0.825. The van der Waals surface area contributed by atoms with Gasteiger partial charge in [0.1, 0.15) is 0 Å². The second-order valence-corrected chi connectivity index (χ2v) is 8.39. The molecule has 1 N–H and O–H groups in total. The lowest BCUT2D eigenvalue weighted by molar-refractivity contribution is -0.116. The molecule has 1 aliphatic rings. The van der Waals surface area contributed by atoms with Gasteiger partial charge in [0.25, 0.3) is 0 Å². The van der Waals surface area contributed by atoms with Crippen molar-refractivity contribution in [3.63, 3.8) is 0 Å². The smallest absolute Gasteiger partial charge is 0.243 e. The first-order valence-electron chi connectivity index (χ1n) is 9.07. The number of carbonyl (C=O) groups is 1. The number of morpholine rings is 1. The van der Waals surface area contributed by atoms with Crippen LogP contribution in [0.25, 0.3) is 0 Å². The lowest BCUT2D eigenvalue weighted by atomic mass is 10.1. The van der Waals surface area contributed by atoms with E-state index in [1.54, 1.807) is 12.1 Å². The van der Waals surface area contributed by atoms with Gasteiger partial charge >= 0.3 is 0 Å². The van der Waals surface area contributed by atoms with E-state index in [1.807, 2.05) is 37.3 Å². The molecule has 1 amide bonds. The predicted molar refractivity (Wildman–Crippen MR) is 104 cm³/mol. The number of nitrogens with one attached hydrogen (secondary N) is 1. The van der Waals surface area contributed by atoms with Crippen molar-refractivity contribution < 1.29 is 17.9 Å². The standard InChI is InChI=1S/C20H24N2O4S/c1-2-6-20(23)21-17-9-11-18(12-10-17)27(24,25)22-13-14-26-19(15-22)16-7-4-3-5-8-16/h3-5,7-12,19H,2,6,13-15H2,1H3,(H,21,23). The zero-order valence-corrected chi connectivity index (χ0v) is 16.1. The molecule has 2 aromatic rings. The van der Waals surface area contributed by atoms with Gasteiger partial charge in [-0.1, -0.05) is 37.3 Å². The normalized spacial score (nSPS) is 18.2. The second kappa shape index (κ2) is 8.65. The maximum Gasteiger partial charge on any atom is 0.243 e. The molecule has 0 spiro atoms. The maximum atomic E-state index is 13.0. The summed E-state index contributed by atoms with van der Waals surface area (Å²) < 4.78 is 33.2. The van der Waals surface area contributed by atoms with Crippen LogP contribution in [0.2, 0.25) is 0 Å². The summed E-state index contributed by atoms with van der Waals surface area (Å²) in [6, 6.07) is 15.9. The number of rotatable bonds is 6. The minimum absolute atomic E-state index is 0.0769. The number of hydrogen-bond donors (Lipinski definition) is 1. The molecule has 1 unspecified atom stereocenters. The van der Waals surface area contributed by atoms with E-state index in [2.05, 4.69) is 5.32 Å². The van der Waals surface area contributed by atoms with Crippen LogP contribution < -0.4 is 5.32 Å². The lowest BCUT2D eigenvalue weighted by Gasteiger charge is -2.32. The number of hydrogen-bond acceptors (Lipinski definition) is 4. The third kappa shape index (κ3) is 4.74. The van der Waals surface area contributed by atoms with Gasteiger partial charge < -0.3 is 10.1 Å². The van der Waals surface area contributed by atoms with E-state index < -0.39 is 10.0 Å². The third-order valence-electron chi connectivity index (χ3n) is 4.45. The zero-order chi connectivity index (χ0) is 19.3. The third-order valence-corrected chi connectivity index (χ3v) is 6.33. The summed E-state index contributed by atoms with van der Waals surface area (Å²) in [4.78, 5) is 11.9. The van der Waals surface area contributed by atoms with Gasteiger partial charge in [0.05, 0.1) is 17.6 Å². The molecule has 1 aliphatic heterocycles. The number of benzene rings is 2. The van der Waals surface area contributed by atoms with Crippen molar-refractivity contribution in [2.24, 2.45) is 0 Å². The van der Waals surface area contributed by atoms with Crippen LogP contribution in [0.3, 0.4) is 0 Å². The molecule has 0 aromatic heterocycles. The molecule has 2 aromatic carbocycles. The van der Waals surface area contributed by atoms with Crippen LogP contribution in [-0.2, 0) is 19.6 Å². The molecule has 3 rings (SSSR count). The van der Waals surface area contributed by atoms with Crippen molar-refractivity contribution >= 4 is 21.6 Å². The number of ether oxygens (including phenoxy) is 1. The number of amides is 1. The Bertz CT molecular complexity index is 867. The topological polar surface area (TPSA) is 75.7 Å². The molecule has 1 atom stereocenters. The molecular weight excluding hydrogens is 364 g/mol. The van der Waals surface area contributed by atoms with Crippen molar-refractivity contribution in [3.8, 4) is 0 Å². The summed E-state index contributed by atoms with van der Waals surface area (Å²) in [6.45, 7) is 2.88. The Morgan fingerprint density at radius 1 is 1.15 bits per heavy atom. The molecule has 0 radical (unpaired) electrons. The summed E-state index contributed by atoms with van der Waals surface area (Å²) in [5.74, 6) is -0.0769. The fraction of sp³-hybridized carbons (Fsp3) is 0.350. The van der Waals surface area contributed by atoms with Crippen molar-refractivity contribution in [1.82, 2.24) is 4.31 Å². The Hall–Kier alpha value is -2.22. The Morgan fingerprint density at radius 3 is 2.52 bits per heavy atom. The number of nitrogens with zero attached hydrogens (tertiary/aromatic N) is 1. The molecule has 27 heavy (non-hydrogen) atoms. The first kappa shape index (κ1) is 19.5. The van der Waals surface area contributed by atoms with E-state index in [4.69, 9.17) is 4.74 Å². The molecule has 144 valence electrons. The summed E-state index contributed by atoms with van der Waals surface area (Å²) in [5.41, 5.74) is 1.56. The van der Waals surface area contributed by atoms with Gasteiger partial charge in [-0.3, -0.25) is 4.79 Å². The van der Waals surface area contributed by atoms with Crippen molar-refractivity contribution in [2.45, 2.75) is 30.8 Å². The van der Waals surface area contributed by atoms with Gasteiger partial charge in [0.2, 0.25) is 15.9 Å². The monoisotopic (exact) mass is 388 g/mol. The molecule has 1 saturated heterocycles. The van der Waals surface area contributed by atoms with Crippen LogP contribution >= 0.6 is 0 Å². The molecule has 0 bridgehead atoms. The van der Waals surface area contributed by atoms with Crippen LogP contribution in [0.5, 0.6) is 0 Å². The lowest BCUT2D eigenvalue weighted by Crippen LogP contribution is -2.42. The Morgan fingerprint density at radius 2 is 1.85 bits per heavy atom. The van der Waals surface area contributed by atoms with E-state index >= 15 is 0 Å². The molecule has 6 nitrogen and oxygen atoms in total. The van der Waals surface area contributed by atoms with Crippen molar-refractivity contribution in [3.05, 3.63) is 60.2 Å². The highest BCUT2D eigenvalue weighted by Gasteiger charge is 2.31. The Balaban J connectivity index is 1.72. The van der Waals surface area contributed by atoms with Crippen LogP contribution in [0.4, 0.5) is 5.69 Å². The van der Waals surface area contributed by atoms with Crippen LogP contribution in [0.1, 0.15) is 31.4 Å². The molecule has 0 saturated carbocycles. The zero-order valence-electron chi connectivity index (χ0n) is 15.3. The van der Waals surface area contributed by atoms with Crippen LogP contribution in [0, 0.1) is 0 Å². The van der Waals surface area contributed by atoms with Gasteiger partial charge in [0, 0.05) is 25.2 Å². The number of sulfonamides is 1.